The fourth-order valence-electron chi connectivity index (χ4n) is 4.28. The highest BCUT2D eigenvalue weighted by atomic mass is 19.3. The average molecular weight is 506 g/mol. The molecule has 2 aromatic carbocycles. The van der Waals surface area contributed by atoms with Crippen LogP contribution in [0.4, 0.5) is 19.0 Å². The molecule has 1 aliphatic heterocycles. The smallest absolute Gasteiger partial charge is 0.273 e. The van der Waals surface area contributed by atoms with Crippen molar-refractivity contribution in [2.75, 3.05) is 46.0 Å². The van der Waals surface area contributed by atoms with Gasteiger partial charge in [0.1, 0.15) is 24.1 Å². The summed E-state index contributed by atoms with van der Waals surface area (Å²) in [7, 11) is 3.18. The van der Waals surface area contributed by atoms with Crippen LogP contribution in [0.2, 0.25) is 0 Å². The minimum atomic E-state index is -3.30. The van der Waals surface area contributed by atoms with E-state index in [9.17, 15) is 13.2 Å². The van der Waals surface area contributed by atoms with Crippen molar-refractivity contribution in [2.45, 2.75) is 32.7 Å². The second kappa shape index (κ2) is 10.1. The predicted molar refractivity (Wildman–Crippen MR) is 129 cm³/mol. The second-order valence-corrected chi connectivity index (χ2v) is 9.32. The molecule has 0 spiro atoms. The third kappa shape index (κ3) is 5.19. The first-order valence-corrected chi connectivity index (χ1v) is 11.6. The molecule has 194 valence electrons. The van der Waals surface area contributed by atoms with Crippen molar-refractivity contribution >= 4 is 16.7 Å². The summed E-state index contributed by atoms with van der Waals surface area (Å²) < 4.78 is 65.1. The molecule has 1 aromatic heterocycles. The van der Waals surface area contributed by atoms with E-state index in [2.05, 4.69) is 15.3 Å². The number of aryl methyl sites for hydroxylation is 1. The maximum atomic E-state index is 15.0. The van der Waals surface area contributed by atoms with Crippen molar-refractivity contribution in [3.05, 3.63) is 53.1 Å². The van der Waals surface area contributed by atoms with Gasteiger partial charge in [0.05, 0.1) is 49.5 Å². The molecular weight excluding hydrogens is 475 g/mol. The zero-order chi connectivity index (χ0) is 26.1. The normalized spacial score (nSPS) is 15.9. The molecule has 36 heavy (non-hydrogen) atoms. The Labute approximate surface area is 207 Å². The largest absolute Gasteiger partial charge is 0.493 e. The molecule has 1 aliphatic rings. The molecule has 0 saturated carbocycles. The fraction of sp³-hybridized carbons (Fsp3) is 0.462. The lowest BCUT2D eigenvalue weighted by Gasteiger charge is -2.40. The van der Waals surface area contributed by atoms with E-state index in [0.29, 0.717) is 67.4 Å². The highest BCUT2D eigenvalue weighted by Crippen LogP contribution is 2.38. The number of ether oxygens (including phenoxy) is 4. The van der Waals surface area contributed by atoms with Crippen LogP contribution in [-0.4, -0.2) is 50.6 Å². The molecule has 0 aliphatic carbocycles. The first-order chi connectivity index (χ1) is 17.1. The van der Waals surface area contributed by atoms with E-state index in [0.717, 1.165) is 6.07 Å². The van der Waals surface area contributed by atoms with Gasteiger partial charge in [0.2, 0.25) is 0 Å². The van der Waals surface area contributed by atoms with Crippen LogP contribution in [0.1, 0.15) is 36.8 Å². The van der Waals surface area contributed by atoms with Gasteiger partial charge in [-0.2, -0.15) is 0 Å². The van der Waals surface area contributed by atoms with E-state index in [1.807, 2.05) is 0 Å². The number of halogens is 3. The van der Waals surface area contributed by atoms with Gasteiger partial charge in [-0.15, -0.1) is 0 Å². The van der Waals surface area contributed by atoms with Crippen LogP contribution in [0.15, 0.2) is 30.3 Å². The first kappa shape index (κ1) is 26.0. The summed E-state index contributed by atoms with van der Waals surface area (Å²) in [5.74, 6) is -2.37. The van der Waals surface area contributed by atoms with E-state index in [1.54, 1.807) is 40.2 Å². The molecule has 1 N–H and O–H groups in total. The Balaban J connectivity index is 1.68. The molecule has 0 unspecified atom stereocenters. The maximum Gasteiger partial charge on any atom is 0.273 e. The fourth-order valence-corrected chi connectivity index (χ4v) is 4.28. The van der Waals surface area contributed by atoms with E-state index >= 15 is 0 Å². The highest BCUT2D eigenvalue weighted by molar-refractivity contribution is 5.92. The van der Waals surface area contributed by atoms with E-state index in [4.69, 9.17) is 18.9 Å². The van der Waals surface area contributed by atoms with Crippen LogP contribution in [0.3, 0.4) is 0 Å². The Kier molecular flexibility index (Phi) is 7.28. The molecule has 0 radical (unpaired) electrons. The lowest BCUT2D eigenvalue weighted by Crippen LogP contribution is -2.50. The number of nitrogens with zero attached hydrogens (tertiary/aromatic N) is 2. The summed E-state index contributed by atoms with van der Waals surface area (Å²) in [6.45, 7) is 6.02. The highest BCUT2D eigenvalue weighted by Gasteiger charge is 2.40. The quantitative estimate of drug-likeness (QED) is 0.395. The van der Waals surface area contributed by atoms with E-state index in [1.165, 1.54) is 12.1 Å². The Morgan fingerprint density at radius 3 is 2.50 bits per heavy atom. The number of methoxy groups -OCH3 is 2. The minimum absolute atomic E-state index is 0.106. The van der Waals surface area contributed by atoms with Crippen LogP contribution in [0, 0.1) is 18.2 Å². The van der Waals surface area contributed by atoms with Gasteiger partial charge in [-0.1, -0.05) is 18.2 Å². The van der Waals surface area contributed by atoms with Crippen LogP contribution < -0.4 is 14.8 Å². The Hall–Kier alpha value is -3.11. The summed E-state index contributed by atoms with van der Waals surface area (Å²) in [6.07, 6.45) is 0. The van der Waals surface area contributed by atoms with Crippen LogP contribution in [-0.2, 0) is 15.4 Å². The molecule has 3 aromatic rings. The molecule has 10 heteroatoms. The third-order valence-electron chi connectivity index (χ3n) is 6.22. The summed E-state index contributed by atoms with van der Waals surface area (Å²) >= 11 is 0. The Morgan fingerprint density at radius 1 is 1.14 bits per heavy atom. The van der Waals surface area contributed by atoms with Crippen LogP contribution in [0.25, 0.3) is 10.9 Å². The Bertz CT molecular complexity index is 1250. The number of anilines is 1. The van der Waals surface area contributed by atoms with Crippen LogP contribution >= 0.6 is 0 Å². The number of benzene rings is 2. The van der Waals surface area contributed by atoms with Gasteiger partial charge in [0.25, 0.3) is 5.92 Å². The first-order valence-electron chi connectivity index (χ1n) is 11.6. The van der Waals surface area contributed by atoms with Gasteiger partial charge >= 0.3 is 0 Å². The average Bonchev–Trinajstić information content (AvgIpc) is 2.79. The lowest BCUT2D eigenvalue weighted by molar-refractivity contribution is -0.159. The number of rotatable bonds is 10. The van der Waals surface area contributed by atoms with Crippen molar-refractivity contribution in [2.24, 2.45) is 5.41 Å². The molecule has 1 fully saturated rings. The zero-order valence-electron chi connectivity index (χ0n) is 21.0. The van der Waals surface area contributed by atoms with Gasteiger partial charge in [-0.05, 0) is 19.9 Å². The summed E-state index contributed by atoms with van der Waals surface area (Å²) in [5, 5.41) is 3.79. The zero-order valence-corrected chi connectivity index (χ0v) is 21.0. The van der Waals surface area contributed by atoms with Gasteiger partial charge < -0.3 is 24.3 Å². The third-order valence-corrected chi connectivity index (χ3v) is 6.22. The van der Waals surface area contributed by atoms with Crippen molar-refractivity contribution < 1.29 is 32.1 Å². The topological polar surface area (TPSA) is 74.7 Å². The van der Waals surface area contributed by atoms with Crippen molar-refractivity contribution in [3.63, 3.8) is 0 Å². The van der Waals surface area contributed by atoms with E-state index in [-0.39, 0.29) is 11.0 Å². The molecular formula is C26H30F3N3O4. The van der Waals surface area contributed by atoms with Gasteiger partial charge in [-0.3, -0.25) is 0 Å². The monoisotopic (exact) mass is 505 g/mol. The van der Waals surface area contributed by atoms with Gasteiger partial charge in [0.15, 0.2) is 11.5 Å². The van der Waals surface area contributed by atoms with Gasteiger partial charge in [0, 0.05) is 31.0 Å². The Morgan fingerprint density at radius 2 is 1.89 bits per heavy atom. The van der Waals surface area contributed by atoms with Crippen molar-refractivity contribution in [1.82, 2.24) is 9.97 Å². The molecule has 0 amide bonds. The molecule has 7 nitrogen and oxygen atoms in total. The van der Waals surface area contributed by atoms with Crippen molar-refractivity contribution in [1.29, 1.82) is 0 Å². The van der Waals surface area contributed by atoms with Crippen molar-refractivity contribution in [3.8, 4) is 11.5 Å². The molecule has 4 rings (SSSR count). The summed E-state index contributed by atoms with van der Waals surface area (Å²) in [6, 6.07) is 6.84. The maximum absolute atomic E-state index is 15.0. The van der Waals surface area contributed by atoms with Gasteiger partial charge in [-0.25, -0.2) is 23.1 Å². The number of aromatic nitrogens is 2. The molecule has 1 atom stereocenters. The second-order valence-electron chi connectivity index (χ2n) is 9.32. The molecule has 1 saturated heterocycles. The van der Waals surface area contributed by atoms with E-state index < -0.39 is 23.3 Å². The molecule has 2 heterocycles. The minimum Gasteiger partial charge on any atom is -0.493 e. The number of fused-ring (bicyclic) bond motifs is 1. The summed E-state index contributed by atoms with van der Waals surface area (Å²) in [4.78, 5) is 9.00. The number of nitrogens with one attached hydrogen (secondary N) is 1. The number of hydrogen-bond acceptors (Lipinski definition) is 7. The molecule has 0 bridgehead atoms. The lowest BCUT2D eigenvalue weighted by atomic mass is 9.88. The number of alkyl halides is 2. The summed E-state index contributed by atoms with van der Waals surface area (Å²) in [5.41, 5.74) is -0.190. The van der Waals surface area contributed by atoms with Crippen LogP contribution in [0.5, 0.6) is 11.5 Å². The number of hydrogen-bond donors (Lipinski definition) is 1. The SMILES string of the molecule is COCC1(COc2cc3c(N[C@H](C)c4cccc(C(C)(F)F)c4F)nc(C)nc3cc2OC)COC1. The predicted octanol–water partition coefficient (Wildman–Crippen LogP) is 5.41. The standard InChI is InChI=1S/C26H30F3N3O4/c1-15(17-7-6-8-19(23(17)27)25(3,28)29)30-24-18-9-22(36-14-26(11-33-4)12-35-13-26)21(34-5)10-20(18)31-16(2)32-24/h6-10,15H,11-14H2,1-5H3,(H,30,31,32)/t15-/m1/s1.